The van der Waals surface area contributed by atoms with Gasteiger partial charge in [-0.15, -0.1) is 0 Å². The van der Waals surface area contributed by atoms with E-state index < -0.39 is 0 Å². The highest BCUT2D eigenvalue weighted by Crippen LogP contribution is 2.34. The second kappa shape index (κ2) is 6.97. The molecule has 1 aliphatic rings. The summed E-state index contributed by atoms with van der Waals surface area (Å²) in [7, 11) is 0. The van der Waals surface area contributed by atoms with Crippen LogP contribution in [0.1, 0.15) is 64.4 Å². The van der Waals surface area contributed by atoms with Gasteiger partial charge in [-0.1, -0.05) is 51.6 Å². The molecule has 2 rings (SSSR count). The number of aromatic nitrogens is 2. The van der Waals surface area contributed by atoms with Gasteiger partial charge in [-0.2, -0.15) is 11.8 Å². The predicted molar refractivity (Wildman–Crippen MR) is 91.6 cm³/mol. The molecule has 0 saturated heterocycles. The molecule has 0 radical (unpaired) electrons. The maximum atomic E-state index is 6.24. The summed E-state index contributed by atoms with van der Waals surface area (Å²) in [6, 6.07) is 0. The molecule has 1 saturated carbocycles. The van der Waals surface area contributed by atoms with Crippen LogP contribution in [0.4, 0.5) is 0 Å². The first-order chi connectivity index (χ1) is 9.38. The summed E-state index contributed by atoms with van der Waals surface area (Å²) in [5, 5.41) is 1.30. The Bertz CT molecular complexity index is 468. The van der Waals surface area contributed by atoms with Crippen molar-refractivity contribution in [1.82, 2.24) is 9.97 Å². The van der Waals surface area contributed by atoms with E-state index in [0.29, 0.717) is 5.15 Å². The minimum Gasteiger partial charge on any atom is -0.235 e. The summed E-state index contributed by atoms with van der Waals surface area (Å²) in [6.45, 7) is 6.44. The molecule has 0 aromatic carbocycles. The molecule has 2 nitrogen and oxygen atoms in total. The molecule has 0 bridgehead atoms. The summed E-state index contributed by atoms with van der Waals surface area (Å²) in [4.78, 5) is 9.14. The molecule has 0 atom stereocenters. The van der Waals surface area contributed by atoms with Crippen LogP contribution in [0, 0.1) is 0 Å². The first-order valence-corrected chi connectivity index (χ1v) is 9.44. The molecule has 0 spiro atoms. The van der Waals surface area contributed by atoms with E-state index in [0.717, 1.165) is 27.0 Å². The van der Waals surface area contributed by atoms with Crippen molar-refractivity contribution in [3.63, 3.8) is 0 Å². The monoisotopic (exact) mass is 376 g/mol. The van der Waals surface area contributed by atoms with Crippen molar-refractivity contribution in [2.24, 2.45) is 0 Å². The average Bonchev–Trinajstić information content (AvgIpc) is 2.40. The largest absolute Gasteiger partial charge is 0.235 e. The van der Waals surface area contributed by atoms with Gasteiger partial charge in [0.1, 0.15) is 11.0 Å². The molecule has 1 aromatic heterocycles. The molecule has 0 amide bonds. The summed E-state index contributed by atoms with van der Waals surface area (Å²) in [6.07, 6.45) is 6.80. The van der Waals surface area contributed by atoms with Crippen molar-refractivity contribution in [1.29, 1.82) is 0 Å². The van der Waals surface area contributed by atoms with Crippen LogP contribution in [0.5, 0.6) is 0 Å². The third-order valence-electron chi connectivity index (χ3n) is 3.57. The van der Waals surface area contributed by atoms with E-state index in [1.54, 1.807) is 0 Å². The fourth-order valence-corrected chi connectivity index (χ4v) is 4.59. The van der Waals surface area contributed by atoms with Crippen molar-refractivity contribution < 1.29 is 0 Å². The Kier molecular flexibility index (Phi) is 5.78. The maximum Gasteiger partial charge on any atom is 0.147 e. The molecule has 1 heterocycles. The molecule has 0 unspecified atom stereocenters. The number of hydrogen-bond acceptors (Lipinski definition) is 3. The second-order valence-corrected chi connectivity index (χ2v) is 8.85. The maximum absolute atomic E-state index is 6.24. The van der Waals surface area contributed by atoms with Gasteiger partial charge < -0.3 is 0 Å². The van der Waals surface area contributed by atoms with Crippen LogP contribution in [0.3, 0.4) is 0 Å². The van der Waals surface area contributed by atoms with Crippen molar-refractivity contribution in [3.05, 3.63) is 21.1 Å². The molecular formula is C15H22BrClN2S. The first kappa shape index (κ1) is 16.6. The molecule has 1 fully saturated rings. The van der Waals surface area contributed by atoms with Gasteiger partial charge in [0.25, 0.3) is 0 Å². The average molecular weight is 378 g/mol. The zero-order valence-corrected chi connectivity index (χ0v) is 15.5. The Morgan fingerprint density at radius 1 is 1.20 bits per heavy atom. The quantitative estimate of drug-likeness (QED) is 0.627. The van der Waals surface area contributed by atoms with Crippen molar-refractivity contribution in [2.75, 3.05) is 0 Å². The fraction of sp³-hybridized carbons (Fsp3) is 0.733. The van der Waals surface area contributed by atoms with E-state index in [4.69, 9.17) is 16.6 Å². The van der Waals surface area contributed by atoms with Crippen molar-refractivity contribution in [2.45, 2.75) is 69.3 Å². The van der Waals surface area contributed by atoms with Gasteiger partial charge in [0.2, 0.25) is 0 Å². The van der Waals surface area contributed by atoms with Gasteiger partial charge in [-0.05, 0) is 28.8 Å². The fourth-order valence-electron chi connectivity index (χ4n) is 2.45. The van der Waals surface area contributed by atoms with Gasteiger partial charge in [0.15, 0.2) is 0 Å². The highest BCUT2D eigenvalue weighted by Gasteiger charge is 2.23. The van der Waals surface area contributed by atoms with Crippen LogP contribution < -0.4 is 0 Å². The predicted octanol–water partition coefficient (Wildman–Crippen LogP) is 5.76. The van der Waals surface area contributed by atoms with E-state index in [-0.39, 0.29) is 5.41 Å². The van der Waals surface area contributed by atoms with Crippen LogP contribution >= 0.6 is 39.3 Å². The molecule has 20 heavy (non-hydrogen) atoms. The standard InChI is InChI=1S/C15H22BrClN2S/c1-15(2,3)13-12(16)14(17)19-11(18-13)9-20-10-7-5-4-6-8-10/h10H,4-9H2,1-3H3. The van der Waals surface area contributed by atoms with Crippen molar-refractivity contribution >= 4 is 39.3 Å². The summed E-state index contributed by atoms with van der Waals surface area (Å²) < 4.78 is 0.832. The smallest absolute Gasteiger partial charge is 0.147 e. The lowest BCUT2D eigenvalue weighted by Gasteiger charge is -2.22. The van der Waals surface area contributed by atoms with E-state index in [1.807, 2.05) is 11.8 Å². The third-order valence-corrected chi connectivity index (χ3v) is 6.19. The zero-order valence-electron chi connectivity index (χ0n) is 12.4. The van der Waals surface area contributed by atoms with Crippen molar-refractivity contribution in [3.8, 4) is 0 Å². The summed E-state index contributed by atoms with van der Waals surface area (Å²) >= 11 is 11.7. The zero-order chi connectivity index (χ0) is 14.8. The lowest BCUT2D eigenvalue weighted by atomic mass is 9.92. The first-order valence-electron chi connectivity index (χ1n) is 7.22. The van der Waals surface area contributed by atoms with Crippen LogP contribution in [-0.4, -0.2) is 15.2 Å². The van der Waals surface area contributed by atoms with Crippen LogP contribution in [0.15, 0.2) is 4.47 Å². The van der Waals surface area contributed by atoms with Gasteiger partial charge in [0.05, 0.1) is 15.9 Å². The van der Waals surface area contributed by atoms with Gasteiger partial charge in [-0.25, -0.2) is 9.97 Å². The Morgan fingerprint density at radius 3 is 2.45 bits per heavy atom. The molecule has 0 aliphatic heterocycles. The Hall–Kier alpha value is 0.200. The molecule has 112 valence electrons. The Morgan fingerprint density at radius 2 is 1.85 bits per heavy atom. The molecule has 1 aromatic rings. The van der Waals surface area contributed by atoms with Crippen LogP contribution in [-0.2, 0) is 11.2 Å². The van der Waals surface area contributed by atoms with E-state index in [9.17, 15) is 0 Å². The van der Waals surface area contributed by atoms with Gasteiger partial charge in [0, 0.05) is 10.7 Å². The lowest BCUT2D eigenvalue weighted by Crippen LogP contribution is -2.17. The third kappa shape index (κ3) is 4.35. The lowest BCUT2D eigenvalue weighted by molar-refractivity contribution is 0.515. The topological polar surface area (TPSA) is 25.8 Å². The van der Waals surface area contributed by atoms with E-state index in [1.165, 1.54) is 32.1 Å². The highest BCUT2D eigenvalue weighted by molar-refractivity contribution is 9.10. The highest BCUT2D eigenvalue weighted by atomic mass is 79.9. The molecule has 0 N–H and O–H groups in total. The van der Waals surface area contributed by atoms with Crippen LogP contribution in [0.25, 0.3) is 0 Å². The normalized spacial score (nSPS) is 17.4. The molecule has 5 heteroatoms. The molecular weight excluding hydrogens is 356 g/mol. The Labute approximate surface area is 139 Å². The number of nitrogens with zero attached hydrogens (tertiary/aromatic N) is 2. The summed E-state index contributed by atoms with van der Waals surface area (Å²) in [5.74, 6) is 1.72. The summed E-state index contributed by atoms with van der Waals surface area (Å²) in [5.41, 5.74) is 0.965. The number of thioether (sulfide) groups is 1. The second-order valence-electron chi connectivity index (χ2n) is 6.41. The van der Waals surface area contributed by atoms with E-state index in [2.05, 4.69) is 41.7 Å². The number of halogens is 2. The van der Waals surface area contributed by atoms with E-state index >= 15 is 0 Å². The molecule has 1 aliphatic carbocycles. The number of rotatable bonds is 3. The minimum absolute atomic E-state index is 0.0321. The van der Waals surface area contributed by atoms with Gasteiger partial charge in [-0.3, -0.25) is 0 Å². The number of hydrogen-bond donors (Lipinski definition) is 0. The minimum atomic E-state index is -0.0321. The van der Waals surface area contributed by atoms with Gasteiger partial charge >= 0.3 is 0 Å². The Balaban J connectivity index is 2.10. The van der Waals surface area contributed by atoms with Crippen LogP contribution in [0.2, 0.25) is 5.15 Å². The SMILES string of the molecule is CC(C)(C)c1nc(CSC2CCCCC2)nc(Cl)c1Br.